The minimum Gasteiger partial charge on any atom is -0.458 e. The molecule has 44 heavy (non-hydrogen) atoms. The Morgan fingerprint density at radius 1 is 1.02 bits per heavy atom. The summed E-state index contributed by atoms with van der Waals surface area (Å²) in [7, 11) is 3.92. The molecule has 3 N–H and O–H groups in total. The minimum absolute atomic E-state index is 0.0605. The number of amides is 2. The second-order valence-electron chi connectivity index (χ2n) is 13.5. The Hall–Kier alpha value is -2.77. The maximum absolute atomic E-state index is 14.0. The predicted molar refractivity (Wildman–Crippen MR) is 158 cm³/mol. The van der Waals surface area contributed by atoms with E-state index in [-0.39, 0.29) is 30.8 Å². The molecule has 0 bridgehead atoms. The third kappa shape index (κ3) is 7.37. The van der Waals surface area contributed by atoms with E-state index in [9.17, 15) is 24.0 Å². The molecule has 0 spiro atoms. The number of ether oxygens (including phenoxy) is 5. The van der Waals surface area contributed by atoms with Crippen LogP contribution in [-0.4, -0.2) is 96.6 Å². The molecule has 0 unspecified atom stereocenters. The van der Waals surface area contributed by atoms with Crippen molar-refractivity contribution in [2.45, 2.75) is 129 Å². The third-order valence-electron chi connectivity index (χ3n) is 9.72. The van der Waals surface area contributed by atoms with E-state index < -0.39 is 83.4 Å². The lowest BCUT2D eigenvalue weighted by atomic mass is 9.73. The molecule has 3 aliphatic heterocycles. The van der Waals surface area contributed by atoms with Gasteiger partial charge in [0.1, 0.15) is 29.5 Å². The lowest BCUT2D eigenvalue weighted by Gasteiger charge is -2.45. The maximum Gasteiger partial charge on any atom is 0.408 e. The highest BCUT2D eigenvalue weighted by Crippen LogP contribution is 2.40. The van der Waals surface area contributed by atoms with Crippen molar-refractivity contribution >= 4 is 29.7 Å². The van der Waals surface area contributed by atoms with E-state index in [1.54, 1.807) is 41.5 Å². The molecular formula is C31H51N3O10. The quantitative estimate of drug-likeness (QED) is 0.261. The molecule has 0 aromatic heterocycles. The topological polar surface area (TPSA) is 173 Å². The van der Waals surface area contributed by atoms with Crippen LogP contribution in [-0.2, 0) is 38.1 Å². The zero-order chi connectivity index (χ0) is 33.3. The lowest BCUT2D eigenvalue weighted by Crippen LogP contribution is -2.59. The molecular weight excluding hydrogens is 574 g/mol. The zero-order valence-electron chi connectivity index (χ0n) is 27.7. The normalized spacial score (nSPS) is 42.5. The number of cyclic esters (lactones) is 1. The van der Waals surface area contributed by atoms with Gasteiger partial charge in [-0.15, -0.1) is 0 Å². The molecule has 0 aromatic rings. The molecule has 3 fully saturated rings. The van der Waals surface area contributed by atoms with Crippen molar-refractivity contribution in [3.05, 3.63) is 0 Å². The number of fused-ring (bicyclic) bond motifs is 1. The van der Waals surface area contributed by atoms with E-state index in [4.69, 9.17) is 29.4 Å². The van der Waals surface area contributed by atoms with Gasteiger partial charge >= 0.3 is 18.2 Å². The van der Waals surface area contributed by atoms with E-state index in [2.05, 4.69) is 10.2 Å². The molecule has 13 heteroatoms. The van der Waals surface area contributed by atoms with Crippen molar-refractivity contribution in [3.63, 3.8) is 0 Å². The number of Topliss-reactive ketones (excluding diaryl/α,β-unsaturated/α-hetero) is 2. The Morgan fingerprint density at radius 2 is 1.66 bits per heavy atom. The van der Waals surface area contributed by atoms with Gasteiger partial charge in [0.25, 0.3) is 0 Å². The Balaban J connectivity index is 2.12. The number of rotatable bonds is 5. The van der Waals surface area contributed by atoms with Crippen molar-refractivity contribution in [3.8, 4) is 0 Å². The van der Waals surface area contributed by atoms with Gasteiger partial charge in [0.05, 0.1) is 12.1 Å². The number of hydrogen-bond acceptors (Lipinski definition) is 11. The summed E-state index contributed by atoms with van der Waals surface area (Å²) in [4.78, 5) is 68.3. The Labute approximate surface area is 260 Å². The van der Waals surface area contributed by atoms with Crippen molar-refractivity contribution in [1.29, 1.82) is 0 Å². The number of carbonyl (C=O) groups excluding carboxylic acids is 5. The smallest absolute Gasteiger partial charge is 0.408 e. The molecule has 13 nitrogen and oxygen atoms in total. The van der Waals surface area contributed by atoms with Gasteiger partial charge in [0.2, 0.25) is 0 Å². The van der Waals surface area contributed by atoms with Crippen LogP contribution in [0.2, 0.25) is 0 Å². The highest BCUT2D eigenvalue weighted by atomic mass is 16.7. The average Bonchev–Trinajstić information content (AvgIpc) is 3.25. The van der Waals surface area contributed by atoms with E-state index >= 15 is 0 Å². The summed E-state index contributed by atoms with van der Waals surface area (Å²) in [6.07, 6.45) is -3.42. The lowest BCUT2D eigenvalue weighted by molar-refractivity contribution is -0.258. The monoisotopic (exact) mass is 625 g/mol. The second kappa shape index (κ2) is 13.7. The van der Waals surface area contributed by atoms with Gasteiger partial charge in [-0.3, -0.25) is 14.4 Å². The summed E-state index contributed by atoms with van der Waals surface area (Å²) in [5.74, 6) is -5.37. The van der Waals surface area contributed by atoms with Crippen LogP contribution in [0.25, 0.3) is 0 Å². The number of primary amides is 1. The highest BCUT2D eigenvalue weighted by Gasteiger charge is 2.57. The van der Waals surface area contributed by atoms with E-state index in [1.165, 1.54) is 6.92 Å². The first-order valence-corrected chi connectivity index (χ1v) is 15.6. The first-order chi connectivity index (χ1) is 20.3. The average molecular weight is 626 g/mol. The van der Waals surface area contributed by atoms with Crippen LogP contribution in [0.5, 0.6) is 0 Å². The van der Waals surface area contributed by atoms with Gasteiger partial charge < -0.3 is 39.6 Å². The van der Waals surface area contributed by atoms with Gasteiger partial charge in [-0.2, -0.15) is 0 Å². The molecule has 3 rings (SSSR count). The molecule has 3 heterocycles. The van der Waals surface area contributed by atoms with Gasteiger partial charge in [0, 0.05) is 30.2 Å². The van der Waals surface area contributed by atoms with E-state index in [0.29, 0.717) is 6.42 Å². The van der Waals surface area contributed by atoms with Crippen LogP contribution < -0.4 is 11.1 Å². The van der Waals surface area contributed by atoms with Crippen LogP contribution in [0.1, 0.15) is 81.1 Å². The molecule has 0 saturated carbocycles. The molecule has 12 atom stereocenters. The molecule has 3 aliphatic rings. The predicted octanol–water partition coefficient (Wildman–Crippen LogP) is 2.96. The van der Waals surface area contributed by atoms with Crippen LogP contribution in [0.15, 0.2) is 0 Å². The molecule has 0 aromatic carbocycles. The summed E-state index contributed by atoms with van der Waals surface area (Å²) < 4.78 is 29.9. The van der Waals surface area contributed by atoms with Crippen LogP contribution >= 0.6 is 0 Å². The van der Waals surface area contributed by atoms with Gasteiger partial charge in [-0.1, -0.05) is 27.7 Å². The summed E-state index contributed by atoms with van der Waals surface area (Å²) in [6, 6.07) is -0.720. The Bertz CT molecular complexity index is 1120. The summed E-state index contributed by atoms with van der Waals surface area (Å²) in [5.41, 5.74) is 2.58. The Kier molecular flexibility index (Phi) is 11.1. The first-order valence-electron chi connectivity index (χ1n) is 15.6. The second-order valence-corrected chi connectivity index (χ2v) is 13.5. The summed E-state index contributed by atoms with van der Waals surface area (Å²) in [6.45, 7) is 13.3. The zero-order valence-corrected chi connectivity index (χ0v) is 27.7. The van der Waals surface area contributed by atoms with Crippen molar-refractivity contribution < 1.29 is 47.7 Å². The standard InChI is InChI=1S/C31H51N3O10/c1-11-21-31(8)25(33-29(39)44-31)17(4)23(35)15(2)14-30(7,43-28(32)38)26(18(5)24(36)19(6)27(37)41-21)42-22-13-20(34(9)10)12-16(3)40-22/h15-22,25-26H,11-14H2,1-10H3,(H2,32,38)(H,33,39)/t15-,16-,17+,18+,19-,20+,21-,22+,25-,26-,30-,31-/m1/s1. The van der Waals surface area contributed by atoms with Crippen LogP contribution in [0.3, 0.4) is 0 Å². The first kappa shape index (κ1) is 35.7. The van der Waals surface area contributed by atoms with Crippen molar-refractivity contribution in [2.24, 2.45) is 29.4 Å². The van der Waals surface area contributed by atoms with Gasteiger partial charge in [-0.25, -0.2) is 9.59 Å². The molecule has 250 valence electrons. The molecule has 3 saturated heterocycles. The van der Waals surface area contributed by atoms with Crippen molar-refractivity contribution in [1.82, 2.24) is 10.2 Å². The van der Waals surface area contributed by atoms with Crippen LogP contribution in [0, 0.1) is 23.7 Å². The SMILES string of the molecule is CC[C@H]1OC(=O)[C@H](C)C(=O)[C@H](C)[C@@H](O[C@H]2C[C@@H](N(C)C)C[C@@H](C)O2)[C@](C)(OC(N)=O)C[C@@H](C)C(=O)[C@H](C)[C@H]2NC(=O)O[C@@]21C. The fourth-order valence-corrected chi connectivity index (χ4v) is 7.26. The van der Waals surface area contributed by atoms with Crippen LogP contribution in [0.4, 0.5) is 9.59 Å². The van der Waals surface area contributed by atoms with Crippen molar-refractivity contribution in [2.75, 3.05) is 14.1 Å². The largest absolute Gasteiger partial charge is 0.458 e. The number of ketones is 2. The number of nitrogens with zero attached hydrogens (tertiary/aromatic N) is 1. The third-order valence-corrected chi connectivity index (χ3v) is 9.72. The molecule has 0 aliphatic carbocycles. The minimum atomic E-state index is -1.59. The number of esters is 1. The van der Waals surface area contributed by atoms with Gasteiger partial charge in [-0.05, 0) is 61.1 Å². The summed E-state index contributed by atoms with van der Waals surface area (Å²) in [5, 5.41) is 2.73. The maximum atomic E-state index is 14.0. The number of carbonyl (C=O) groups is 5. The number of hydrogen-bond donors (Lipinski definition) is 2. The highest BCUT2D eigenvalue weighted by molar-refractivity contribution is 6.00. The fraction of sp³-hybridized carbons (Fsp3) is 0.839. The molecule has 0 radical (unpaired) electrons. The van der Waals surface area contributed by atoms with E-state index in [0.717, 1.165) is 6.42 Å². The Morgan fingerprint density at radius 3 is 2.23 bits per heavy atom. The fourth-order valence-electron chi connectivity index (χ4n) is 7.26. The van der Waals surface area contributed by atoms with E-state index in [1.807, 2.05) is 21.0 Å². The molecule has 2 amide bonds. The van der Waals surface area contributed by atoms with Gasteiger partial charge in [0.15, 0.2) is 17.7 Å². The number of alkyl carbamates (subject to hydrolysis) is 1. The number of nitrogens with one attached hydrogen (secondary N) is 1. The number of nitrogens with two attached hydrogens (primary N) is 1. The summed E-state index contributed by atoms with van der Waals surface area (Å²) >= 11 is 0.